The van der Waals surface area contributed by atoms with Gasteiger partial charge in [0.15, 0.2) is 0 Å². The van der Waals surface area contributed by atoms with E-state index >= 15 is 0 Å². The summed E-state index contributed by atoms with van der Waals surface area (Å²) in [7, 11) is 0. The minimum absolute atomic E-state index is 0.0394. The second-order valence-corrected chi connectivity index (χ2v) is 4.89. The van der Waals surface area contributed by atoms with Crippen molar-refractivity contribution in [3.8, 4) is 0 Å². The third-order valence-electron chi connectivity index (χ3n) is 3.22. The quantitative estimate of drug-likeness (QED) is 0.907. The lowest BCUT2D eigenvalue weighted by molar-refractivity contribution is -0.138. The van der Waals surface area contributed by atoms with Gasteiger partial charge in [-0.25, -0.2) is 4.39 Å². The van der Waals surface area contributed by atoms with Crippen LogP contribution in [-0.4, -0.2) is 41.7 Å². The monoisotopic (exact) mass is 267 g/mol. The standard InChI is InChI=1S/C14H18FNO3/c1-10-8-16(7-6-14(17)18)9-13(19-10)11-2-4-12(15)5-3-11/h2-5,10,13H,6-9H2,1H3,(H,17,18)/t10-,13-/m0/s1. The molecule has 4 nitrogen and oxygen atoms in total. The Kier molecular flexibility index (Phi) is 4.50. The van der Waals surface area contributed by atoms with Gasteiger partial charge in [-0.15, -0.1) is 0 Å². The Morgan fingerprint density at radius 3 is 2.74 bits per heavy atom. The molecule has 19 heavy (non-hydrogen) atoms. The zero-order chi connectivity index (χ0) is 13.8. The van der Waals surface area contributed by atoms with E-state index in [0.717, 1.165) is 12.1 Å². The highest BCUT2D eigenvalue weighted by Gasteiger charge is 2.26. The molecule has 1 aromatic rings. The number of nitrogens with zero attached hydrogens (tertiary/aromatic N) is 1. The molecular weight excluding hydrogens is 249 g/mol. The molecule has 1 fully saturated rings. The number of aliphatic carboxylic acids is 1. The Balaban J connectivity index is 2.00. The van der Waals surface area contributed by atoms with Crippen molar-refractivity contribution < 1.29 is 19.0 Å². The highest BCUT2D eigenvalue weighted by molar-refractivity contribution is 5.66. The number of morpholine rings is 1. The van der Waals surface area contributed by atoms with Crippen molar-refractivity contribution in [3.63, 3.8) is 0 Å². The van der Waals surface area contributed by atoms with Crippen LogP contribution < -0.4 is 0 Å². The molecule has 1 aromatic carbocycles. The lowest BCUT2D eigenvalue weighted by Gasteiger charge is -2.36. The topological polar surface area (TPSA) is 49.8 Å². The number of carboxylic acids is 1. The number of hydrogen-bond donors (Lipinski definition) is 1. The molecule has 5 heteroatoms. The van der Waals surface area contributed by atoms with E-state index in [1.54, 1.807) is 12.1 Å². The molecule has 0 bridgehead atoms. The predicted octanol–water partition coefficient (Wildman–Crippen LogP) is 2.06. The molecule has 1 saturated heterocycles. The molecule has 1 N–H and O–H groups in total. The van der Waals surface area contributed by atoms with Gasteiger partial charge in [0.25, 0.3) is 0 Å². The number of carbonyl (C=O) groups is 1. The summed E-state index contributed by atoms with van der Waals surface area (Å²) in [6.45, 7) is 3.85. The second-order valence-electron chi connectivity index (χ2n) is 4.89. The summed E-state index contributed by atoms with van der Waals surface area (Å²) < 4.78 is 18.7. The first-order valence-electron chi connectivity index (χ1n) is 6.39. The highest BCUT2D eigenvalue weighted by Crippen LogP contribution is 2.25. The van der Waals surface area contributed by atoms with E-state index in [1.807, 2.05) is 6.92 Å². The van der Waals surface area contributed by atoms with Crippen molar-refractivity contribution in [2.24, 2.45) is 0 Å². The molecule has 0 aliphatic carbocycles. The summed E-state index contributed by atoms with van der Waals surface area (Å²) in [6, 6.07) is 6.26. The van der Waals surface area contributed by atoms with Gasteiger partial charge in [0, 0.05) is 19.6 Å². The molecule has 0 radical (unpaired) electrons. The van der Waals surface area contributed by atoms with E-state index in [1.165, 1.54) is 12.1 Å². The summed E-state index contributed by atoms with van der Waals surface area (Å²) in [6.07, 6.45) is 0.0406. The van der Waals surface area contributed by atoms with Crippen LogP contribution in [0, 0.1) is 5.82 Å². The lowest BCUT2D eigenvalue weighted by atomic mass is 10.1. The molecular formula is C14H18FNO3. The molecule has 1 aliphatic rings. The van der Waals surface area contributed by atoms with Crippen molar-refractivity contribution in [3.05, 3.63) is 35.6 Å². The molecule has 2 atom stereocenters. The van der Waals surface area contributed by atoms with Crippen LogP contribution in [0.15, 0.2) is 24.3 Å². The largest absolute Gasteiger partial charge is 0.481 e. The van der Waals surface area contributed by atoms with Gasteiger partial charge in [-0.2, -0.15) is 0 Å². The van der Waals surface area contributed by atoms with Crippen LogP contribution in [0.5, 0.6) is 0 Å². The van der Waals surface area contributed by atoms with Gasteiger partial charge in [-0.05, 0) is 24.6 Å². The fraction of sp³-hybridized carbons (Fsp3) is 0.500. The van der Waals surface area contributed by atoms with Crippen molar-refractivity contribution in [2.45, 2.75) is 25.6 Å². The van der Waals surface area contributed by atoms with E-state index in [2.05, 4.69) is 4.90 Å². The van der Waals surface area contributed by atoms with E-state index < -0.39 is 5.97 Å². The first-order valence-corrected chi connectivity index (χ1v) is 6.39. The van der Waals surface area contributed by atoms with E-state index in [0.29, 0.717) is 13.1 Å². The van der Waals surface area contributed by atoms with Gasteiger partial charge in [0.1, 0.15) is 5.82 Å². The fourth-order valence-corrected chi connectivity index (χ4v) is 2.34. The minimum Gasteiger partial charge on any atom is -0.481 e. The molecule has 1 heterocycles. The van der Waals surface area contributed by atoms with Gasteiger partial charge in [-0.3, -0.25) is 9.69 Å². The zero-order valence-corrected chi connectivity index (χ0v) is 10.9. The average molecular weight is 267 g/mol. The summed E-state index contributed by atoms with van der Waals surface area (Å²) in [5.74, 6) is -1.06. The van der Waals surface area contributed by atoms with Crippen molar-refractivity contribution >= 4 is 5.97 Å². The third-order valence-corrected chi connectivity index (χ3v) is 3.22. The SMILES string of the molecule is C[C@H]1CN(CCC(=O)O)C[C@@H](c2ccc(F)cc2)O1. The lowest BCUT2D eigenvalue weighted by Crippen LogP contribution is -2.43. The number of benzene rings is 1. The maximum absolute atomic E-state index is 12.9. The Morgan fingerprint density at radius 1 is 1.42 bits per heavy atom. The van der Waals surface area contributed by atoms with Gasteiger partial charge in [0.2, 0.25) is 0 Å². The highest BCUT2D eigenvalue weighted by atomic mass is 19.1. The Hall–Kier alpha value is -1.46. The van der Waals surface area contributed by atoms with Crippen LogP contribution >= 0.6 is 0 Å². The molecule has 0 aromatic heterocycles. The first kappa shape index (κ1) is 14.0. The van der Waals surface area contributed by atoms with Crippen molar-refractivity contribution in [1.29, 1.82) is 0 Å². The number of carboxylic acid groups (broad SMARTS) is 1. The van der Waals surface area contributed by atoms with Gasteiger partial charge < -0.3 is 9.84 Å². The normalized spacial score (nSPS) is 24.3. The van der Waals surface area contributed by atoms with Crippen molar-refractivity contribution in [2.75, 3.05) is 19.6 Å². The molecule has 1 aliphatic heterocycles. The first-order chi connectivity index (χ1) is 9.04. The summed E-state index contributed by atoms with van der Waals surface area (Å²) >= 11 is 0. The molecule has 0 amide bonds. The smallest absolute Gasteiger partial charge is 0.304 e. The van der Waals surface area contributed by atoms with Gasteiger partial charge in [-0.1, -0.05) is 12.1 Å². The summed E-state index contributed by atoms with van der Waals surface area (Å²) in [5, 5.41) is 8.72. The second kappa shape index (κ2) is 6.12. The van der Waals surface area contributed by atoms with Crippen LogP contribution in [0.1, 0.15) is 25.0 Å². The van der Waals surface area contributed by atoms with Crippen LogP contribution in [0.25, 0.3) is 0 Å². The Labute approximate surface area is 111 Å². The van der Waals surface area contributed by atoms with Crippen LogP contribution in [0.2, 0.25) is 0 Å². The molecule has 2 rings (SSSR count). The van der Waals surface area contributed by atoms with Gasteiger partial charge in [0.05, 0.1) is 18.6 Å². The fourth-order valence-electron chi connectivity index (χ4n) is 2.34. The number of rotatable bonds is 4. The molecule has 0 spiro atoms. The third kappa shape index (κ3) is 4.01. The van der Waals surface area contributed by atoms with Crippen LogP contribution in [-0.2, 0) is 9.53 Å². The number of hydrogen-bond acceptors (Lipinski definition) is 3. The predicted molar refractivity (Wildman–Crippen MR) is 68.4 cm³/mol. The average Bonchev–Trinajstić information content (AvgIpc) is 2.36. The van der Waals surface area contributed by atoms with Crippen LogP contribution in [0.4, 0.5) is 4.39 Å². The summed E-state index contributed by atoms with van der Waals surface area (Å²) in [5.41, 5.74) is 0.924. The summed E-state index contributed by atoms with van der Waals surface area (Å²) in [4.78, 5) is 12.7. The van der Waals surface area contributed by atoms with Crippen molar-refractivity contribution in [1.82, 2.24) is 4.90 Å². The molecule has 0 saturated carbocycles. The maximum Gasteiger partial charge on any atom is 0.304 e. The number of ether oxygens (including phenoxy) is 1. The minimum atomic E-state index is -0.794. The Bertz CT molecular complexity index is 435. The zero-order valence-electron chi connectivity index (χ0n) is 10.9. The maximum atomic E-state index is 12.9. The molecule has 104 valence electrons. The van der Waals surface area contributed by atoms with Gasteiger partial charge >= 0.3 is 5.97 Å². The number of halogens is 1. The Morgan fingerprint density at radius 2 is 2.11 bits per heavy atom. The van der Waals surface area contributed by atoms with E-state index in [4.69, 9.17) is 9.84 Å². The van der Waals surface area contributed by atoms with E-state index in [9.17, 15) is 9.18 Å². The van der Waals surface area contributed by atoms with E-state index in [-0.39, 0.29) is 24.4 Å². The molecule has 0 unspecified atom stereocenters. The van der Waals surface area contributed by atoms with Crippen LogP contribution in [0.3, 0.4) is 0 Å².